The van der Waals surface area contributed by atoms with Gasteiger partial charge in [0.15, 0.2) is 30.7 Å². The van der Waals surface area contributed by atoms with Crippen molar-refractivity contribution >= 4 is 51.1 Å². The molecule has 0 aromatic carbocycles. The van der Waals surface area contributed by atoms with Crippen LogP contribution >= 0.6 is 11.6 Å². The molecular formula is C15H35ClO4Si4. The molecule has 0 heterocycles. The summed E-state index contributed by atoms with van der Waals surface area (Å²) in [5.41, 5.74) is 0. The Morgan fingerprint density at radius 2 is 1.25 bits per heavy atom. The van der Waals surface area contributed by atoms with Gasteiger partial charge in [0.1, 0.15) is 0 Å². The minimum atomic E-state index is -2.91. The van der Waals surface area contributed by atoms with Gasteiger partial charge in [0.2, 0.25) is 0 Å². The maximum Gasteiger partial charge on any atom is 0.469 e. The molecule has 0 aromatic heterocycles. The molecule has 0 rings (SSSR count). The summed E-state index contributed by atoms with van der Waals surface area (Å²) in [7, 11) is -8.58. The van der Waals surface area contributed by atoms with Crippen LogP contribution in [0.2, 0.25) is 65.0 Å². The molecule has 0 aliphatic carbocycles. The van der Waals surface area contributed by atoms with Crippen molar-refractivity contribution in [1.82, 2.24) is 0 Å². The molecule has 0 aliphatic rings. The van der Waals surface area contributed by atoms with Gasteiger partial charge in [0, 0.05) is 6.04 Å². The van der Waals surface area contributed by atoms with Gasteiger partial charge in [-0.2, -0.15) is 0 Å². The molecule has 0 bridgehead atoms. The third-order valence-electron chi connectivity index (χ3n) is 2.60. The van der Waals surface area contributed by atoms with Gasteiger partial charge in [-0.15, -0.1) is 11.6 Å². The van der Waals surface area contributed by atoms with E-state index in [1.165, 1.54) is 6.08 Å². The van der Waals surface area contributed by atoms with Crippen LogP contribution in [-0.4, -0.2) is 44.9 Å². The summed E-state index contributed by atoms with van der Waals surface area (Å²) >= 11 is 6.22. The Morgan fingerprint density at radius 1 is 0.917 bits per heavy atom. The van der Waals surface area contributed by atoms with Crippen molar-refractivity contribution in [3.05, 3.63) is 12.7 Å². The van der Waals surface area contributed by atoms with Crippen LogP contribution in [0.15, 0.2) is 12.7 Å². The minimum Gasteiger partial charge on any atom is -0.417 e. The molecule has 0 spiro atoms. The van der Waals surface area contributed by atoms with Crippen molar-refractivity contribution in [3.8, 4) is 0 Å². The van der Waals surface area contributed by atoms with Gasteiger partial charge in [-0.25, -0.2) is 0 Å². The van der Waals surface area contributed by atoms with E-state index >= 15 is 0 Å². The lowest BCUT2D eigenvalue weighted by atomic mass is 10.2. The molecule has 0 aliphatic heterocycles. The van der Waals surface area contributed by atoms with Crippen LogP contribution < -0.4 is 0 Å². The molecule has 4 nitrogen and oxygen atoms in total. The standard InChI is InChI=1S/C15H35ClO4Si4/c1-11-15(17)14(16)12-13-24(18-21(2,3)4,19-22(5,6)7)20-23(8,9)10/h11,14H,1,12-13H2,2-10H3. The Kier molecular flexibility index (Phi) is 9.06. The van der Waals surface area contributed by atoms with Gasteiger partial charge in [0.25, 0.3) is 0 Å². The van der Waals surface area contributed by atoms with E-state index in [1.54, 1.807) is 0 Å². The maximum absolute atomic E-state index is 11.8. The number of hydrogen-bond donors (Lipinski definition) is 0. The summed E-state index contributed by atoms with van der Waals surface area (Å²) in [4.78, 5) is 11.8. The summed E-state index contributed by atoms with van der Waals surface area (Å²) in [5.74, 6) is -0.159. The molecule has 0 saturated carbocycles. The van der Waals surface area contributed by atoms with Gasteiger partial charge in [-0.1, -0.05) is 6.58 Å². The third kappa shape index (κ3) is 11.1. The van der Waals surface area contributed by atoms with Crippen LogP contribution in [0, 0.1) is 0 Å². The van der Waals surface area contributed by atoms with Crippen LogP contribution in [0.4, 0.5) is 0 Å². The van der Waals surface area contributed by atoms with E-state index < -0.39 is 39.1 Å². The van der Waals surface area contributed by atoms with Crippen LogP contribution in [0.25, 0.3) is 0 Å². The van der Waals surface area contributed by atoms with Crippen LogP contribution in [0.1, 0.15) is 6.42 Å². The summed E-state index contributed by atoms with van der Waals surface area (Å²) in [5, 5.41) is -0.602. The molecule has 0 fully saturated rings. The van der Waals surface area contributed by atoms with E-state index in [0.29, 0.717) is 12.5 Å². The van der Waals surface area contributed by atoms with E-state index in [0.717, 1.165) is 0 Å². The first-order chi connectivity index (χ1) is 10.5. The summed E-state index contributed by atoms with van der Waals surface area (Å²) in [6.45, 7) is 22.8. The fraction of sp³-hybridized carbons (Fsp3) is 0.800. The summed E-state index contributed by atoms with van der Waals surface area (Å²) in [6.07, 6.45) is 1.76. The number of carbonyl (C=O) groups is 1. The second-order valence-corrected chi connectivity index (χ2v) is 26.5. The zero-order chi connectivity index (χ0) is 19.4. The monoisotopic (exact) mass is 426 g/mol. The van der Waals surface area contributed by atoms with E-state index in [1.807, 2.05) is 0 Å². The van der Waals surface area contributed by atoms with Crippen molar-refractivity contribution < 1.29 is 17.1 Å². The van der Waals surface area contributed by atoms with E-state index in [2.05, 4.69) is 65.5 Å². The summed E-state index contributed by atoms with van der Waals surface area (Å²) in [6, 6.07) is 0.569. The molecule has 1 atom stereocenters. The molecular weight excluding hydrogens is 392 g/mol. The summed E-state index contributed by atoms with van der Waals surface area (Å²) < 4.78 is 19.6. The molecule has 0 N–H and O–H groups in total. The van der Waals surface area contributed by atoms with Crippen molar-refractivity contribution in [1.29, 1.82) is 0 Å². The highest BCUT2D eigenvalue weighted by atomic mass is 35.5. The van der Waals surface area contributed by atoms with Gasteiger partial charge < -0.3 is 12.3 Å². The van der Waals surface area contributed by atoms with Crippen LogP contribution in [-0.2, 0) is 17.1 Å². The Labute approximate surface area is 157 Å². The van der Waals surface area contributed by atoms with Crippen LogP contribution in [0.3, 0.4) is 0 Å². The van der Waals surface area contributed by atoms with E-state index in [4.69, 9.17) is 23.9 Å². The lowest BCUT2D eigenvalue weighted by Crippen LogP contribution is -2.60. The third-order valence-corrected chi connectivity index (χ3v) is 15.0. The van der Waals surface area contributed by atoms with Gasteiger partial charge in [-0.3, -0.25) is 4.79 Å². The number of ketones is 1. The second kappa shape index (κ2) is 8.89. The van der Waals surface area contributed by atoms with Gasteiger partial charge in [-0.05, 0) is 71.4 Å². The highest BCUT2D eigenvalue weighted by Gasteiger charge is 2.50. The highest BCUT2D eigenvalue weighted by molar-refractivity contribution is 6.90. The number of halogens is 1. The van der Waals surface area contributed by atoms with E-state index in [-0.39, 0.29) is 5.78 Å². The first-order valence-electron chi connectivity index (χ1n) is 8.39. The lowest BCUT2D eigenvalue weighted by molar-refractivity contribution is -0.114. The number of rotatable bonds is 11. The van der Waals surface area contributed by atoms with Crippen molar-refractivity contribution in [2.24, 2.45) is 0 Å². The molecule has 0 amide bonds. The number of alkyl halides is 1. The Balaban J connectivity index is 5.61. The first kappa shape index (κ1) is 24.4. The fourth-order valence-electron chi connectivity index (χ4n) is 2.19. The van der Waals surface area contributed by atoms with Crippen LogP contribution in [0.5, 0.6) is 0 Å². The predicted molar refractivity (Wildman–Crippen MR) is 113 cm³/mol. The zero-order valence-electron chi connectivity index (χ0n) is 16.8. The normalized spacial score (nSPS) is 15.2. The smallest absolute Gasteiger partial charge is 0.417 e. The molecule has 0 radical (unpaired) electrons. The molecule has 24 heavy (non-hydrogen) atoms. The second-order valence-electron chi connectivity index (χ2n) is 8.94. The number of allylic oxidation sites excluding steroid dienone is 1. The predicted octanol–water partition coefficient (Wildman–Crippen LogP) is 5.23. The number of carbonyl (C=O) groups excluding carboxylic acids is 1. The van der Waals surface area contributed by atoms with E-state index in [9.17, 15) is 4.79 Å². The Bertz CT molecular complexity index is 397. The molecule has 0 aromatic rings. The largest absolute Gasteiger partial charge is 0.469 e. The Hall–Kier alpha value is 0.448. The molecule has 142 valence electrons. The average molecular weight is 427 g/mol. The molecule has 0 saturated heterocycles. The molecule has 1 unspecified atom stereocenters. The molecule has 9 heteroatoms. The Morgan fingerprint density at radius 3 is 1.50 bits per heavy atom. The lowest BCUT2D eigenvalue weighted by Gasteiger charge is -2.43. The first-order valence-corrected chi connectivity index (χ1v) is 21.0. The van der Waals surface area contributed by atoms with Gasteiger partial charge >= 0.3 is 8.80 Å². The highest BCUT2D eigenvalue weighted by Crippen LogP contribution is 2.31. The average Bonchev–Trinajstić information content (AvgIpc) is 2.28. The topological polar surface area (TPSA) is 44.8 Å². The SMILES string of the molecule is C=CC(=O)C(Cl)CC[Si](O[Si](C)(C)C)(O[Si](C)(C)C)O[Si](C)(C)C. The zero-order valence-corrected chi connectivity index (χ0v) is 21.5. The quantitative estimate of drug-likeness (QED) is 0.257. The minimum absolute atomic E-state index is 0.159. The number of hydrogen-bond acceptors (Lipinski definition) is 4. The fourth-order valence-corrected chi connectivity index (χ4v) is 17.3. The van der Waals surface area contributed by atoms with Gasteiger partial charge in [0.05, 0.1) is 5.38 Å². The van der Waals surface area contributed by atoms with Crippen molar-refractivity contribution in [2.45, 2.75) is 76.8 Å². The van der Waals surface area contributed by atoms with Crippen molar-refractivity contribution in [3.63, 3.8) is 0 Å². The van der Waals surface area contributed by atoms with Crippen molar-refractivity contribution in [2.75, 3.05) is 0 Å². The maximum atomic E-state index is 11.8.